The molecule has 2 heteroatoms. The summed E-state index contributed by atoms with van der Waals surface area (Å²) in [7, 11) is 0. The van der Waals surface area contributed by atoms with Gasteiger partial charge in [-0.25, -0.2) is 0 Å². The van der Waals surface area contributed by atoms with Crippen molar-refractivity contribution < 1.29 is 0 Å². The van der Waals surface area contributed by atoms with Crippen molar-refractivity contribution in [2.45, 2.75) is 34.2 Å². The van der Waals surface area contributed by atoms with E-state index in [1.807, 2.05) is 36.6 Å². The van der Waals surface area contributed by atoms with Crippen LogP contribution in [0.2, 0.25) is 0 Å². The molecule has 2 aromatic rings. The Balaban J connectivity index is 2.85. The standard InChI is InChI=1S/C15H19NO/c1-10(2)9-16-14-8-6-5-7-13(14)11(3)12(4)15(16)17/h5-8,10H,9H2,1-4H3. The van der Waals surface area contributed by atoms with Crippen molar-refractivity contribution in [1.82, 2.24) is 4.57 Å². The summed E-state index contributed by atoms with van der Waals surface area (Å²) in [6.07, 6.45) is 0. The van der Waals surface area contributed by atoms with Gasteiger partial charge in [-0.1, -0.05) is 32.0 Å². The van der Waals surface area contributed by atoms with Gasteiger partial charge in [-0.2, -0.15) is 0 Å². The van der Waals surface area contributed by atoms with E-state index in [2.05, 4.69) is 19.9 Å². The molecule has 0 amide bonds. The predicted molar refractivity (Wildman–Crippen MR) is 72.5 cm³/mol. The van der Waals surface area contributed by atoms with Gasteiger partial charge in [-0.3, -0.25) is 4.79 Å². The third-order valence-corrected chi connectivity index (χ3v) is 3.28. The molecule has 0 unspecified atom stereocenters. The van der Waals surface area contributed by atoms with E-state index in [0.717, 1.165) is 23.2 Å². The van der Waals surface area contributed by atoms with Crippen LogP contribution in [0, 0.1) is 19.8 Å². The summed E-state index contributed by atoms with van der Waals surface area (Å²) >= 11 is 0. The zero-order valence-electron chi connectivity index (χ0n) is 10.9. The second kappa shape index (κ2) is 4.36. The van der Waals surface area contributed by atoms with Crippen LogP contribution in [0.3, 0.4) is 0 Å². The highest BCUT2D eigenvalue weighted by molar-refractivity contribution is 5.83. The first kappa shape index (κ1) is 11.9. The Labute approximate surface area is 102 Å². The largest absolute Gasteiger partial charge is 0.308 e. The van der Waals surface area contributed by atoms with Crippen molar-refractivity contribution in [1.29, 1.82) is 0 Å². The number of nitrogens with zero attached hydrogens (tertiary/aromatic N) is 1. The number of aryl methyl sites for hydroxylation is 1. The third-order valence-electron chi connectivity index (χ3n) is 3.28. The number of rotatable bonds is 2. The number of pyridine rings is 1. The summed E-state index contributed by atoms with van der Waals surface area (Å²) in [6, 6.07) is 8.14. The van der Waals surface area contributed by atoms with E-state index in [0.29, 0.717) is 5.92 Å². The van der Waals surface area contributed by atoms with E-state index in [1.165, 1.54) is 5.39 Å². The zero-order chi connectivity index (χ0) is 12.6. The first-order valence-electron chi connectivity index (χ1n) is 6.11. The quantitative estimate of drug-likeness (QED) is 0.774. The van der Waals surface area contributed by atoms with Gasteiger partial charge >= 0.3 is 0 Å². The fourth-order valence-corrected chi connectivity index (χ4v) is 2.25. The molecule has 2 rings (SSSR count). The number of hydrogen-bond donors (Lipinski definition) is 0. The summed E-state index contributed by atoms with van der Waals surface area (Å²) in [5.41, 5.74) is 3.17. The molecule has 0 atom stereocenters. The molecule has 2 nitrogen and oxygen atoms in total. The van der Waals surface area contributed by atoms with Crippen molar-refractivity contribution >= 4 is 10.9 Å². The Kier molecular flexibility index (Phi) is 3.05. The van der Waals surface area contributed by atoms with Gasteiger partial charge in [0.05, 0.1) is 5.52 Å². The van der Waals surface area contributed by atoms with Gasteiger partial charge in [-0.15, -0.1) is 0 Å². The van der Waals surface area contributed by atoms with Gasteiger partial charge in [0.1, 0.15) is 0 Å². The third kappa shape index (κ3) is 1.99. The summed E-state index contributed by atoms with van der Waals surface area (Å²) in [5, 5.41) is 1.19. The highest BCUT2D eigenvalue weighted by atomic mass is 16.1. The molecule has 1 aromatic heterocycles. The zero-order valence-corrected chi connectivity index (χ0v) is 10.9. The van der Waals surface area contributed by atoms with Crippen molar-refractivity contribution in [2.75, 3.05) is 0 Å². The Morgan fingerprint density at radius 2 is 1.76 bits per heavy atom. The number of fused-ring (bicyclic) bond motifs is 1. The monoisotopic (exact) mass is 229 g/mol. The van der Waals surface area contributed by atoms with Crippen LogP contribution in [0.5, 0.6) is 0 Å². The highest BCUT2D eigenvalue weighted by Gasteiger charge is 2.10. The Bertz CT molecular complexity index is 608. The van der Waals surface area contributed by atoms with Crippen molar-refractivity contribution in [3.8, 4) is 0 Å². The lowest BCUT2D eigenvalue weighted by Gasteiger charge is -2.15. The topological polar surface area (TPSA) is 22.0 Å². The number of benzene rings is 1. The Morgan fingerprint density at radius 1 is 1.12 bits per heavy atom. The molecule has 0 radical (unpaired) electrons. The van der Waals surface area contributed by atoms with Gasteiger partial charge in [0.15, 0.2) is 0 Å². The van der Waals surface area contributed by atoms with E-state index >= 15 is 0 Å². The van der Waals surface area contributed by atoms with Crippen LogP contribution in [-0.2, 0) is 6.54 Å². The maximum atomic E-state index is 12.3. The fourth-order valence-electron chi connectivity index (χ4n) is 2.25. The summed E-state index contributed by atoms with van der Waals surface area (Å²) in [4.78, 5) is 12.3. The minimum Gasteiger partial charge on any atom is -0.308 e. The van der Waals surface area contributed by atoms with Crippen molar-refractivity contribution in [3.63, 3.8) is 0 Å². The molecule has 1 aromatic carbocycles. The molecule has 1 heterocycles. The summed E-state index contributed by atoms with van der Waals surface area (Å²) in [6.45, 7) is 8.99. The molecular weight excluding hydrogens is 210 g/mol. The van der Waals surface area contributed by atoms with Crippen LogP contribution in [0.4, 0.5) is 0 Å². The molecule has 0 aliphatic carbocycles. The van der Waals surface area contributed by atoms with Gasteiger partial charge < -0.3 is 4.57 Å². The van der Waals surface area contributed by atoms with E-state index in [-0.39, 0.29) is 5.56 Å². The lowest BCUT2D eigenvalue weighted by Crippen LogP contribution is -2.25. The fraction of sp³-hybridized carbons (Fsp3) is 0.400. The smallest absolute Gasteiger partial charge is 0.254 e. The first-order chi connectivity index (χ1) is 8.02. The number of para-hydroxylation sites is 1. The second-order valence-electron chi connectivity index (χ2n) is 5.08. The Morgan fingerprint density at radius 3 is 2.41 bits per heavy atom. The molecule has 0 aliphatic heterocycles. The molecular formula is C15H19NO. The van der Waals surface area contributed by atoms with Gasteiger partial charge in [0, 0.05) is 17.5 Å². The predicted octanol–water partition coefficient (Wildman–Crippen LogP) is 3.27. The maximum absolute atomic E-state index is 12.3. The summed E-state index contributed by atoms with van der Waals surface area (Å²) < 4.78 is 1.91. The van der Waals surface area contributed by atoms with Crippen LogP contribution < -0.4 is 5.56 Å². The van der Waals surface area contributed by atoms with Gasteiger partial charge in [0.2, 0.25) is 0 Å². The number of hydrogen-bond acceptors (Lipinski definition) is 1. The minimum atomic E-state index is 0.148. The molecule has 17 heavy (non-hydrogen) atoms. The SMILES string of the molecule is Cc1c(C)c2ccccc2n(CC(C)C)c1=O. The maximum Gasteiger partial charge on any atom is 0.254 e. The molecule has 0 bridgehead atoms. The van der Waals surface area contributed by atoms with Crippen molar-refractivity contribution in [3.05, 3.63) is 45.7 Å². The van der Waals surface area contributed by atoms with Crippen LogP contribution in [-0.4, -0.2) is 4.57 Å². The van der Waals surface area contributed by atoms with E-state index in [1.54, 1.807) is 0 Å². The highest BCUT2D eigenvalue weighted by Crippen LogP contribution is 2.19. The Hall–Kier alpha value is -1.57. The first-order valence-corrected chi connectivity index (χ1v) is 6.11. The van der Waals surface area contributed by atoms with Crippen LogP contribution in [0.25, 0.3) is 10.9 Å². The average Bonchev–Trinajstić information content (AvgIpc) is 2.31. The average molecular weight is 229 g/mol. The van der Waals surface area contributed by atoms with Gasteiger partial charge in [0.25, 0.3) is 5.56 Å². The second-order valence-corrected chi connectivity index (χ2v) is 5.08. The van der Waals surface area contributed by atoms with Crippen LogP contribution in [0.1, 0.15) is 25.0 Å². The van der Waals surface area contributed by atoms with E-state index in [4.69, 9.17) is 0 Å². The normalized spacial score (nSPS) is 11.4. The molecule has 0 saturated heterocycles. The van der Waals surface area contributed by atoms with Crippen LogP contribution >= 0.6 is 0 Å². The lowest BCUT2D eigenvalue weighted by atomic mass is 10.0. The number of aromatic nitrogens is 1. The van der Waals surface area contributed by atoms with E-state index in [9.17, 15) is 4.79 Å². The van der Waals surface area contributed by atoms with Crippen LogP contribution in [0.15, 0.2) is 29.1 Å². The molecule has 90 valence electrons. The molecule has 0 aliphatic rings. The van der Waals surface area contributed by atoms with Gasteiger partial charge in [-0.05, 0) is 31.4 Å². The lowest BCUT2D eigenvalue weighted by molar-refractivity contribution is 0.522. The molecule has 0 fully saturated rings. The minimum absolute atomic E-state index is 0.148. The molecule has 0 spiro atoms. The van der Waals surface area contributed by atoms with E-state index < -0.39 is 0 Å². The molecule has 0 N–H and O–H groups in total. The summed E-state index contributed by atoms with van der Waals surface area (Å²) in [5.74, 6) is 0.471. The van der Waals surface area contributed by atoms with Crippen molar-refractivity contribution in [2.24, 2.45) is 5.92 Å². The molecule has 0 saturated carbocycles.